The topological polar surface area (TPSA) is 57.7 Å². The van der Waals surface area contributed by atoms with Crippen molar-refractivity contribution >= 4 is 17.7 Å². The van der Waals surface area contributed by atoms with Crippen LogP contribution >= 0.6 is 0 Å². The summed E-state index contributed by atoms with van der Waals surface area (Å²) in [6.45, 7) is 13.8. The SMILES string of the molecule is CC(C)(C)c1cc(C(=O)N2CC(N3C(=O)C4CC=CCC4C3=O)C2)cc(C(C)(C)C)c1. The summed E-state index contributed by atoms with van der Waals surface area (Å²) in [6.07, 6.45) is 5.30. The molecule has 31 heavy (non-hydrogen) atoms. The third-order valence-electron chi connectivity index (χ3n) is 6.97. The molecule has 0 saturated carbocycles. The van der Waals surface area contributed by atoms with Crippen molar-refractivity contribution in [3.05, 3.63) is 47.0 Å². The molecule has 4 rings (SSSR count). The maximum absolute atomic E-state index is 13.3. The monoisotopic (exact) mass is 422 g/mol. The Hall–Kier alpha value is -2.43. The van der Waals surface area contributed by atoms with E-state index in [2.05, 4.69) is 47.6 Å². The first-order valence-electron chi connectivity index (χ1n) is 11.3. The van der Waals surface area contributed by atoms with Crippen LogP contribution in [-0.2, 0) is 20.4 Å². The summed E-state index contributed by atoms with van der Waals surface area (Å²) in [5, 5.41) is 0. The van der Waals surface area contributed by atoms with Crippen LogP contribution in [0.5, 0.6) is 0 Å². The Balaban J connectivity index is 1.51. The summed E-state index contributed by atoms with van der Waals surface area (Å²) < 4.78 is 0. The van der Waals surface area contributed by atoms with Gasteiger partial charge in [0, 0.05) is 18.7 Å². The minimum Gasteiger partial charge on any atom is -0.334 e. The van der Waals surface area contributed by atoms with Crippen molar-refractivity contribution in [1.29, 1.82) is 0 Å². The third-order valence-corrected chi connectivity index (χ3v) is 6.97. The molecule has 0 bridgehead atoms. The van der Waals surface area contributed by atoms with Crippen molar-refractivity contribution in [1.82, 2.24) is 9.80 Å². The molecule has 0 spiro atoms. The number of allylic oxidation sites excluding steroid dienone is 2. The molecule has 5 nitrogen and oxygen atoms in total. The second-order valence-electron chi connectivity index (χ2n) is 11.4. The molecule has 0 N–H and O–H groups in total. The van der Waals surface area contributed by atoms with Crippen molar-refractivity contribution in [3.63, 3.8) is 0 Å². The normalized spacial score (nSPS) is 24.5. The lowest BCUT2D eigenvalue weighted by Crippen LogP contribution is -2.62. The quantitative estimate of drug-likeness (QED) is 0.534. The van der Waals surface area contributed by atoms with Crippen molar-refractivity contribution in [3.8, 4) is 0 Å². The molecule has 2 unspecified atom stereocenters. The molecular weight excluding hydrogens is 388 g/mol. The second kappa shape index (κ2) is 7.32. The minimum atomic E-state index is -0.208. The van der Waals surface area contributed by atoms with Gasteiger partial charge in [-0.05, 0) is 46.9 Å². The molecule has 5 heteroatoms. The van der Waals surface area contributed by atoms with Gasteiger partial charge in [-0.3, -0.25) is 19.3 Å². The third kappa shape index (κ3) is 3.83. The number of benzene rings is 1. The van der Waals surface area contributed by atoms with Gasteiger partial charge in [0.05, 0.1) is 17.9 Å². The van der Waals surface area contributed by atoms with Gasteiger partial charge in [0.25, 0.3) is 5.91 Å². The molecule has 2 atom stereocenters. The van der Waals surface area contributed by atoms with Crippen LogP contribution in [0.2, 0.25) is 0 Å². The summed E-state index contributed by atoms with van der Waals surface area (Å²) in [5.74, 6) is -0.548. The Labute approximate surface area is 185 Å². The molecule has 1 aliphatic carbocycles. The Kier molecular flexibility index (Phi) is 5.14. The van der Waals surface area contributed by atoms with Crippen LogP contribution in [0, 0.1) is 11.8 Å². The average Bonchev–Trinajstić information content (AvgIpc) is 2.90. The summed E-state index contributed by atoms with van der Waals surface area (Å²) in [4.78, 5) is 42.1. The average molecular weight is 423 g/mol. The van der Waals surface area contributed by atoms with Crippen LogP contribution in [0.3, 0.4) is 0 Å². The molecule has 166 valence electrons. The fraction of sp³-hybridized carbons (Fsp3) is 0.577. The Morgan fingerprint density at radius 2 is 1.26 bits per heavy atom. The Morgan fingerprint density at radius 1 is 0.806 bits per heavy atom. The minimum absolute atomic E-state index is 0.0222. The molecule has 3 aliphatic rings. The molecule has 2 fully saturated rings. The highest BCUT2D eigenvalue weighted by molar-refractivity contribution is 6.06. The van der Waals surface area contributed by atoms with Crippen LogP contribution in [-0.4, -0.2) is 46.7 Å². The maximum atomic E-state index is 13.3. The number of carbonyl (C=O) groups excluding carboxylic acids is 3. The van der Waals surface area contributed by atoms with E-state index < -0.39 is 0 Å². The zero-order chi connectivity index (χ0) is 22.7. The molecule has 1 aromatic carbocycles. The number of likely N-dealkylation sites (tertiary alicyclic amines) is 2. The van der Waals surface area contributed by atoms with Crippen molar-refractivity contribution in [2.75, 3.05) is 13.1 Å². The zero-order valence-electron chi connectivity index (χ0n) is 19.6. The summed E-state index contributed by atoms with van der Waals surface area (Å²) >= 11 is 0. The first kappa shape index (κ1) is 21.8. The standard InChI is InChI=1S/C26H34N2O3/c1-25(2,3)17-11-16(12-18(13-17)26(4,5)6)22(29)27-14-19(15-27)28-23(30)20-9-7-8-10-21(20)24(28)31/h7-8,11-13,19-21H,9-10,14-15H2,1-6H3. The lowest BCUT2D eigenvalue weighted by molar-refractivity contribution is -0.145. The van der Waals surface area contributed by atoms with Gasteiger partial charge in [-0.2, -0.15) is 0 Å². The largest absolute Gasteiger partial charge is 0.334 e. The zero-order valence-corrected chi connectivity index (χ0v) is 19.6. The van der Waals surface area contributed by atoms with Gasteiger partial charge in [0.2, 0.25) is 11.8 Å². The van der Waals surface area contributed by atoms with E-state index >= 15 is 0 Å². The number of nitrogens with zero attached hydrogens (tertiary/aromatic N) is 2. The molecule has 1 aromatic rings. The number of hydrogen-bond donors (Lipinski definition) is 0. The lowest BCUT2D eigenvalue weighted by atomic mass is 9.79. The van der Waals surface area contributed by atoms with E-state index in [-0.39, 0.29) is 46.4 Å². The predicted molar refractivity (Wildman–Crippen MR) is 121 cm³/mol. The molecule has 2 heterocycles. The van der Waals surface area contributed by atoms with Gasteiger partial charge in [-0.25, -0.2) is 0 Å². The van der Waals surface area contributed by atoms with E-state index in [0.717, 1.165) is 11.1 Å². The maximum Gasteiger partial charge on any atom is 0.254 e. The molecule has 0 aromatic heterocycles. The number of rotatable bonds is 2. The highest BCUT2D eigenvalue weighted by atomic mass is 16.2. The molecule has 3 amide bonds. The second-order valence-corrected chi connectivity index (χ2v) is 11.4. The van der Waals surface area contributed by atoms with E-state index in [1.54, 1.807) is 4.90 Å². The van der Waals surface area contributed by atoms with Gasteiger partial charge < -0.3 is 4.90 Å². The van der Waals surface area contributed by atoms with Gasteiger partial charge in [0.1, 0.15) is 0 Å². The van der Waals surface area contributed by atoms with E-state index in [4.69, 9.17) is 0 Å². The van der Waals surface area contributed by atoms with Crippen LogP contribution in [0.25, 0.3) is 0 Å². The van der Waals surface area contributed by atoms with Crippen molar-refractivity contribution in [2.24, 2.45) is 11.8 Å². The lowest BCUT2D eigenvalue weighted by Gasteiger charge is -2.43. The molecule has 2 aliphatic heterocycles. The number of amides is 3. The van der Waals surface area contributed by atoms with E-state index in [9.17, 15) is 14.4 Å². The van der Waals surface area contributed by atoms with Gasteiger partial charge in [-0.1, -0.05) is 59.8 Å². The predicted octanol–water partition coefficient (Wildman–Crippen LogP) is 4.06. The van der Waals surface area contributed by atoms with Crippen LogP contribution in [0.15, 0.2) is 30.4 Å². The summed E-state index contributed by atoms with van der Waals surface area (Å²) in [6, 6.07) is 6.00. The van der Waals surface area contributed by atoms with Crippen molar-refractivity contribution < 1.29 is 14.4 Å². The van der Waals surface area contributed by atoms with Gasteiger partial charge in [0.15, 0.2) is 0 Å². The fourth-order valence-corrected chi connectivity index (χ4v) is 4.77. The molecule has 0 radical (unpaired) electrons. The van der Waals surface area contributed by atoms with E-state index in [1.165, 1.54) is 4.90 Å². The first-order valence-corrected chi connectivity index (χ1v) is 11.3. The van der Waals surface area contributed by atoms with Gasteiger partial charge in [-0.15, -0.1) is 0 Å². The first-order chi connectivity index (χ1) is 14.4. The number of carbonyl (C=O) groups is 3. The smallest absolute Gasteiger partial charge is 0.254 e. The molecular formula is C26H34N2O3. The van der Waals surface area contributed by atoms with Crippen LogP contribution < -0.4 is 0 Å². The van der Waals surface area contributed by atoms with Crippen LogP contribution in [0.4, 0.5) is 0 Å². The van der Waals surface area contributed by atoms with Crippen molar-refractivity contribution in [2.45, 2.75) is 71.3 Å². The van der Waals surface area contributed by atoms with Crippen LogP contribution in [0.1, 0.15) is 75.9 Å². The summed E-state index contributed by atoms with van der Waals surface area (Å²) in [7, 11) is 0. The van der Waals surface area contributed by atoms with Gasteiger partial charge >= 0.3 is 0 Å². The molecule has 2 saturated heterocycles. The number of imide groups is 1. The summed E-state index contributed by atoms with van der Waals surface area (Å²) in [5.41, 5.74) is 2.84. The van der Waals surface area contributed by atoms with E-state index in [0.29, 0.717) is 31.5 Å². The highest BCUT2D eigenvalue weighted by Crippen LogP contribution is 2.38. The number of fused-ring (bicyclic) bond motifs is 1. The fourth-order valence-electron chi connectivity index (χ4n) is 4.77. The highest BCUT2D eigenvalue weighted by Gasteiger charge is 2.52. The number of hydrogen-bond acceptors (Lipinski definition) is 3. The Morgan fingerprint density at radius 3 is 1.68 bits per heavy atom. The Bertz CT molecular complexity index is 900. The van der Waals surface area contributed by atoms with E-state index in [1.807, 2.05) is 24.3 Å².